The summed E-state index contributed by atoms with van der Waals surface area (Å²) in [5, 5.41) is 3.31. The van der Waals surface area contributed by atoms with Gasteiger partial charge < -0.3 is 10.1 Å². The molecule has 1 aliphatic heterocycles. The van der Waals surface area contributed by atoms with Crippen molar-refractivity contribution in [3.05, 3.63) is 33.8 Å². The first-order valence-electron chi connectivity index (χ1n) is 5.24. The van der Waals surface area contributed by atoms with Crippen molar-refractivity contribution in [2.24, 2.45) is 0 Å². The standard InChI is InChI=1S/C12H12BrNO/c13-8-1-2-9-10(5-8)12(3-4-12)7-14-11(9)6-15/h1-2,5-6,11,14H,3-4,7H2. The van der Waals surface area contributed by atoms with Crippen LogP contribution in [0, 0.1) is 0 Å². The molecule has 1 aliphatic carbocycles. The molecule has 2 aliphatic rings. The van der Waals surface area contributed by atoms with Crippen molar-refractivity contribution in [3.8, 4) is 0 Å². The molecule has 1 saturated carbocycles. The van der Waals surface area contributed by atoms with Crippen LogP contribution in [0.5, 0.6) is 0 Å². The van der Waals surface area contributed by atoms with E-state index in [2.05, 4.69) is 33.4 Å². The first kappa shape index (κ1) is 9.55. The Morgan fingerprint density at radius 3 is 2.93 bits per heavy atom. The molecule has 1 fully saturated rings. The Hall–Kier alpha value is -0.670. The first-order chi connectivity index (χ1) is 7.25. The highest BCUT2D eigenvalue weighted by atomic mass is 79.9. The summed E-state index contributed by atoms with van der Waals surface area (Å²) in [5.74, 6) is 0. The monoisotopic (exact) mass is 265 g/mol. The maximum absolute atomic E-state index is 11.0. The molecule has 3 heteroatoms. The lowest BCUT2D eigenvalue weighted by Crippen LogP contribution is -2.38. The minimum atomic E-state index is -0.112. The molecule has 2 nitrogen and oxygen atoms in total. The topological polar surface area (TPSA) is 29.1 Å². The number of fused-ring (bicyclic) bond motifs is 2. The van der Waals surface area contributed by atoms with E-state index in [1.165, 1.54) is 18.4 Å². The molecule has 1 atom stereocenters. The van der Waals surface area contributed by atoms with Gasteiger partial charge in [-0.3, -0.25) is 0 Å². The number of halogens is 1. The number of nitrogens with one attached hydrogen (secondary N) is 1. The van der Waals surface area contributed by atoms with Crippen LogP contribution in [0.3, 0.4) is 0 Å². The molecule has 0 amide bonds. The van der Waals surface area contributed by atoms with Crippen molar-refractivity contribution in [1.29, 1.82) is 0 Å². The van der Waals surface area contributed by atoms with Crippen LogP contribution in [0.2, 0.25) is 0 Å². The van der Waals surface area contributed by atoms with E-state index in [4.69, 9.17) is 0 Å². The van der Waals surface area contributed by atoms with E-state index in [0.29, 0.717) is 5.41 Å². The molecule has 1 aromatic rings. The Labute approximate surface area is 97.2 Å². The second-order valence-electron chi connectivity index (χ2n) is 4.51. The highest BCUT2D eigenvalue weighted by Gasteiger charge is 2.48. The highest BCUT2D eigenvalue weighted by Crippen LogP contribution is 2.52. The third kappa shape index (κ3) is 1.37. The van der Waals surface area contributed by atoms with Gasteiger partial charge in [-0.15, -0.1) is 0 Å². The summed E-state index contributed by atoms with van der Waals surface area (Å²) < 4.78 is 1.11. The van der Waals surface area contributed by atoms with Gasteiger partial charge in [-0.25, -0.2) is 0 Å². The normalized spacial score (nSPS) is 26.1. The summed E-state index contributed by atoms with van der Waals surface area (Å²) in [5.41, 5.74) is 2.86. The van der Waals surface area contributed by atoms with Gasteiger partial charge in [0.25, 0.3) is 0 Å². The summed E-state index contributed by atoms with van der Waals surface area (Å²) in [4.78, 5) is 11.0. The molecule has 1 spiro atoms. The average molecular weight is 266 g/mol. The third-order valence-corrected chi connectivity index (χ3v) is 4.07. The summed E-state index contributed by atoms with van der Waals surface area (Å²) in [7, 11) is 0. The summed E-state index contributed by atoms with van der Waals surface area (Å²) in [6.45, 7) is 0.944. The van der Waals surface area contributed by atoms with Gasteiger partial charge in [-0.1, -0.05) is 22.0 Å². The Kier molecular flexibility index (Phi) is 2.01. The van der Waals surface area contributed by atoms with Crippen LogP contribution in [0.15, 0.2) is 22.7 Å². The van der Waals surface area contributed by atoms with Gasteiger partial charge >= 0.3 is 0 Å². The Bertz CT molecular complexity index is 426. The van der Waals surface area contributed by atoms with Crippen LogP contribution in [-0.2, 0) is 10.2 Å². The maximum atomic E-state index is 11.0. The number of rotatable bonds is 1. The number of carbonyl (C=O) groups excluding carboxylic acids is 1. The van der Waals surface area contributed by atoms with E-state index < -0.39 is 0 Å². The van der Waals surface area contributed by atoms with Crippen molar-refractivity contribution >= 4 is 22.2 Å². The van der Waals surface area contributed by atoms with Crippen molar-refractivity contribution < 1.29 is 4.79 Å². The molecule has 15 heavy (non-hydrogen) atoms. The molecule has 1 N–H and O–H groups in total. The van der Waals surface area contributed by atoms with E-state index in [0.717, 1.165) is 22.9 Å². The Morgan fingerprint density at radius 2 is 2.27 bits per heavy atom. The van der Waals surface area contributed by atoms with Crippen molar-refractivity contribution in [2.75, 3.05) is 6.54 Å². The predicted molar refractivity (Wildman–Crippen MR) is 61.9 cm³/mol. The Balaban J connectivity index is 2.16. The van der Waals surface area contributed by atoms with Crippen LogP contribution in [0.4, 0.5) is 0 Å². The van der Waals surface area contributed by atoms with Crippen molar-refractivity contribution in [3.63, 3.8) is 0 Å². The van der Waals surface area contributed by atoms with Gasteiger partial charge in [-0.05, 0) is 36.1 Å². The molecule has 3 rings (SSSR count). The van der Waals surface area contributed by atoms with Crippen molar-refractivity contribution in [1.82, 2.24) is 5.32 Å². The zero-order valence-electron chi connectivity index (χ0n) is 8.29. The minimum absolute atomic E-state index is 0.112. The molecule has 1 heterocycles. The molecular weight excluding hydrogens is 254 g/mol. The smallest absolute Gasteiger partial charge is 0.141 e. The second kappa shape index (κ2) is 3.16. The Morgan fingerprint density at radius 1 is 1.47 bits per heavy atom. The molecule has 0 bridgehead atoms. The number of hydrogen-bond acceptors (Lipinski definition) is 2. The second-order valence-corrected chi connectivity index (χ2v) is 5.42. The number of benzene rings is 1. The van der Waals surface area contributed by atoms with Crippen LogP contribution in [0.25, 0.3) is 0 Å². The van der Waals surface area contributed by atoms with Gasteiger partial charge in [0, 0.05) is 16.4 Å². The largest absolute Gasteiger partial charge is 0.303 e. The lowest BCUT2D eigenvalue weighted by Gasteiger charge is -2.30. The number of hydrogen-bond donors (Lipinski definition) is 1. The van der Waals surface area contributed by atoms with Gasteiger partial charge in [0.05, 0.1) is 6.04 Å². The molecule has 78 valence electrons. The van der Waals surface area contributed by atoms with Crippen LogP contribution in [-0.4, -0.2) is 12.8 Å². The van der Waals surface area contributed by atoms with Crippen molar-refractivity contribution in [2.45, 2.75) is 24.3 Å². The highest BCUT2D eigenvalue weighted by molar-refractivity contribution is 9.10. The SMILES string of the molecule is O=CC1NCC2(CC2)c2cc(Br)ccc21. The van der Waals surface area contributed by atoms with Gasteiger partial charge in [0.1, 0.15) is 6.29 Å². The average Bonchev–Trinajstić information content (AvgIpc) is 3.01. The summed E-state index contributed by atoms with van der Waals surface area (Å²) in [6, 6.07) is 6.14. The van der Waals surface area contributed by atoms with E-state index in [-0.39, 0.29) is 6.04 Å². The molecule has 1 aromatic carbocycles. The first-order valence-corrected chi connectivity index (χ1v) is 6.03. The fraction of sp³-hybridized carbons (Fsp3) is 0.417. The zero-order chi connectivity index (χ0) is 10.5. The van der Waals surface area contributed by atoms with Gasteiger partial charge in [0.15, 0.2) is 0 Å². The quantitative estimate of drug-likeness (QED) is 0.790. The molecule has 0 saturated heterocycles. The maximum Gasteiger partial charge on any atom is 0.141 e. The van der Waals surface area contributed by atoms with E-state index in [9.17, 15) is 4.79 Å². The summed E-state index contributed by atoms with van der Waals surface area (Å²) in [6.07, 6.45) is 3.49. The van der Waals surface area contributed by atoms with E-state index in [1.54, 1.807) is 0 Å². The molecule has 1 unspecified atom stereocenters. The van der Waals surface area contributed by atoms with E-state index in [1.807, 2.05) is 6.07 Å². The van der Waals surface area contributed by atoms with Crippen LogP contribution < -0.4 is 5.32 Å². The molecule has 0 aromatic heterocycles. The zero-order valence-corrected chi connectivity index (χ0v) is 9.88. The number of carbonyl (C=O) groups is 1. The van der Waals surface area contributed by atoms with Crippen LogP contribution >= 0.6 is 15.9 Å². The fourth-order valence-electron chi connectivity index (χ4n) is 2.49. The fourth-order valence-corrected chi connectivity index (χ4v) is 2.85. The lowest BCUT2D eigenvalue weighted by molar-refractivity contribution is -0.109. The minimum Gasteiger partial charge on any atom is -0.303 e. The summed E-state index contributed by atoms with van der Waals surface area (Å²) >= 11 is 3.50. The molecule has 0 radical (unpaired) electrons. The molecular formula is C12H12BrNO. The van der Waals surface area contributed by atoms with Gasteiger partial charge in [-0.2, -0.15) is 0 Å². The third-order valence-electron chi connectivity index (χ3n) is 3.57. The number of aldehydes is 1. The van der Waals surface area contributed by atoms with Gasteiger partial charge in [0.2, 0.25) is 0 Å². The lowest BCUT2D eigenvalue weighted by atomic mass is 9.85. The van der Waals surface area contributed by atoms with E-state index >= 15 is 0 Å². The predicted octanol–water partition coefficient (Wildman–Crippen LogP) is 2.32. The van der Waals surface area contributed by atoms with Crippen LogP contribution in [0.1, 0.15) is 30.0 Å².